The number of nitrogens with zero attached hydrogens (tertiary/aromatic N) is 2. The van der Waals surface area contributed by atoms with Gasteiger partial charge in [0.1, 0.15) is 5.82 Å². The summed E-state index contributed by atoms with van der Waals surface area (Å²) < 4.78 is 13.1. The van der Waals surface area contributed by atoms with Gasteiger partial charge < -0.3 is 5.32 Å². The maximum atomic E-state index is 13.1. The topological polar surface area (TPSA) is 37.8 Å². The number of aromatic nitrogens is 2. The van der Waals surface area contributed by atoms with Crippen LogP contribution in [0.5, 0.6) is 0 Å². The van der Waals surface area contributed by atoms with Crippen LogP contribution in [0.3, 0.4) is 0 Å². The summed E-state index contributed by atoms with van der Waals surface area (Å²) >= 11 is 0. The molecule has 0 saturated heterocycles. The van der Waals surface area contributed by atoms with Crippen LogP contribution in [0.2, 0.25) is 0 Å². The minimum atomic E-state index is -0.214. The zero-order valence-corrected chi connectivity index (χ0v) is 9.81. The van der Waals surface area contributed by atoms with Gasteiger partial charge in [0, 0.05) is 6.20 Å². The van der Waals surface area contributed by atoms with Gasteiger partial charge in [0.25, 0.3) is 0 Å². The predicted molar refractivity (Wildman–Crippen MR) is 64.1 cm³/mol. The van der Waals surface area contributed by atoms with E-state index in [4.69, 9.17) is 0 Å². The highest BCUT2D eigenvalue weighted by Crippen LogP contribution is 2.24. The molecule has 1 aromatic heterocycles. The van der Waals surface area contributed by atoms with E-state index in [0.29, 0.717) is 0 Å². The van der Waals surface area contributed by atoms with Gasteiger partial charge >= 0.3 is 0 Å². The summed E-state index contributed by atoms with van der Waals surface area (Å²) in [4.78, 5) is 0. The van der Waals surface area contributed by atoms with Crippen molar-refractivity contribution in [1.82, 2.24) is 15.5 Å². The minimum Gasteiger partial charge on any atom is -0.309 e. The van der Waals surface area contributed by atoms with Crippen LogP contribution in [0, 0.1) is 12.7 Å². The normalized spacial score (nSPS) is 12.4. The first kappa shape index (κ1) is 11.7. The van der Waals surface area contributed by atoms with Crippen molar-refractivity contribution < 1.29 is 4.39 Å². The van der Waals surface area contributed by atoms with E-state index in [0.717, 1.165) is 16.7 Å². The van der Waals surface area contributed by atoms with Gasteiger partial charge in [0.05, 0.1) is 12.2 Å². The van der Waals surface area contributed by atoms with Crippen molar-refractivity contribution >= 4 is 0 Å². The van der Waals surface area contributed by atoms with Gasteiger partial charge in [0.15, 0.2) is 0 Å². The molecule has 0 aliphatic heterocycles. The SMILES string of the molecule is CNC(c1ccnnc1)c1ccc(F)cc1C. The molecule has 1 heterocycles. The number of nitrogens with one attached hydrogen (secondary N) is 1. The van der Waals surface area contributed by atoms with Crippen molar-refractivity contribution in [3.05, 3.63) is 59.2 Å². The number of aryl methyl sites for hydroxylation is 1. The van der Waals surface area contributed by atoms with Crippen molar-refractivity contribution in [3.8, 4) is 0 Å². The lowest BCUT2D eigenvalue weighted by atomic mass is 9.96. The van der Waals surface area contributed by atoms with Crippen LogP contribution in [0.4, 0.5) is 4.39 Å². The van der Waals surface area contributed by atoms with Crippen molar-refractivity contribution in [3.63, 3.8) is 0 Å². The Labute approximate surface area is 99.7 Å². The molecule has 0 radical (unpaired) electrons. The lowest BCUT2D eigenvalue weighted by Crippen LogP contribution is -2.19. The van der Waals surface area contributed by atoms with Gasteiger partial charge in [-0.25, -0.2) is 4.39 Å². The molecule has 0 bridgehead atoms. The number of hydrogen-bond acceptors (Lipinski definition) is 3. The third-order valence-corrected chi connectivity index (χ3v) is 2.77. The average Bonchev–Trinajstić information content (AvgIpc) is 2.34. The van der Waals surface area contributed by atoms with E-state index < -0.39 is 0 Å². The second-order valence-corrected chi connectivity index (χ2v) is 3.90. The lowest BCUT2D eigenvalue weighted by molar-refractivity contribution is 0.620. The highest BCUT2D eigenvalue weighted by atomic mass is 19.1. The van der Waals surface area contributed by atoms with Crippen LogP contribution < -0.4 is 5.32 Å². The van der Waals surface area contributed by atoms with E-state index in [1.165, 1.54) is 12.1 Å². The molecule has 0 spiro atoms. The first-order chi connectivity index (χ1) is 8.22. The molecular weight excluding hydrogens is 217 g/mol. The minimum absolute atomic E-state index is 0.00565. The monoisotopic (exact) mass is 231 g/mol. The Morgan fingerprint density at radius 3 is 2.65 bits per heavy atom. The van der Waals surface area contributed by atoms with Crippen molar-refractivity contribution in [2.45, 2.75) is 13.0 Å². The average molecular weight is 231 g/mol. The first-order valence-corrected chi connectivity index (χ1v) is 5.42. The summed E-state index contributed by atoms with van der Waals surface area (Å²) in [7, 11) is 1.87. The second-order valence-electron chi connectivity index (χ2n) is 3.90. The molecule has 1 N–H and O–H groups in total. The van der Waals surface area contributed by atoms with Crippen molar-refractivity contribution in [1.29, 1.82) is 0 Å². The fourth-order valence-electron chi connectivity index (χ4n) is 1.94. The van der Waals surface area contributed by atoms with Gasteiger partial charge in [-0.05, 0) is 48.9 Å². The third kappa shape index (κ3) is 2.47. The molecule has 2 rings (SSSR count). The van der Waals surface area contributed by atoms with Crippen LogP contribution in [-0.4, -0.2) is 17.2 Å². The second kappa shape index (κ2) is 5.01. The molecule has 17 heavy (non-hydrogen) atoms. The number of rotatable bonds is 3. The van der Waals surface area contributed by atoms with E-state index in [1.54, 1.807) is 18.5 Å². The smallest absolute Gasteiger partial charge is 0.123 e. The number of benzene rings is 1. The van der Waals surface area contributed by atoms with Crippen LogP contribution >= 0.6 is 0 Å². The van der Waals surface area contributed by atoms with Gasteiger partial charge in [0.2, 0.25) is 0 Å². The molecule has 0 fully saturated rings. The molecule has 3 nitrogen and oxygen atoms in total. The standard InChI is InChI=1S/C13H14FN3/c1-9-7-11(14)3-4-12(9)13(15-2)10-5-6-16-17-8-10/h3-8,13,15H,1-2H3. The highest BCUT2D eigenvalue weighted by Gasteiger charge is 2.14. The molecule has 1 aromatic carbocycles. The van der Waals surface area contributed by atoms with E-state index in [9.17, 15) is 4.39 Å². The predicted octanol–water partition coefficient (Wildman–Crippen LogP) is 2.23. The van der Waals surface area contributed by atoms with Crippen LogP contribution in [0.15, 0.2) is 36.7 Å². The molecule has 4 heteroatoms. The maximum Gasteiger partial charge on any atom is 0.123 e. The highest BCUT2D eigenvalue weighted by molar-refractivity contribution is 5.35. The van der Waals surface area contributed by atoms with Crippen molar-refractivity contribution in [2.75, 3.05) is 7.05 Å². The Bertz CT molecular complexity index is 499. The summed E-state index contributed by atoms with van der Waals surface area (Å²) in [5.41, 5.74) is 2.97. The van der Waals surface area contributed by atoms with Crippen LogP contribution in [-0.2, 0) is 0 Å². The summed E-state index contributed by atoms with van der Waals surface area (Å²) in [6.07, 6.45) is 3.36. The largest absolute Gasteiger partial charge is 0.309 e. The van der Waals surface area contributed by atoms with E-state index in [2.05, 4.69) is 15.5 Å². The molecule has 0 saturated carbocycles. The van der Waals surface area contributed by atoms with Gasteiger partial charge in [-0.15, -0.1) is 0 Å². The Morgan fingerprint density at radius 2 is 2.06 bits per heavy atom. The first-order valence-electron chi connectivity index (χ1n) is 5.42. The van der Waals surface area contributed by atoms with Crippen LogP contribution in [0.1, 0.15) is 22.7 Å². The Kier molecular flexibility index (Phi) is 3.44. The molecule has 88 valence electrons. The van der Waals surface area contributed by atoms with E-state index in [-0.39, 0.29) is 11.9 Å². The van der Waals surface area contributed by atoms with Crippen LogP contribution in [0.25, 0.3) is 0 Å². The Hall–Kier alpha value is -1.81. The fraction of sp³-hybridized carbons (Fsp3) is 0.231. The summed E-state index contributed by atoms with van der Waals surface area (Å²) in [6, 6.07) is 6.71. The lowest BCUT2D eigenvalue weighted by Gasteiger charge is -2.18. The Morgan fingerprint density at radius 1 is 1.24 bits per heavy atom. The quantitative estimate of drug-likeness (QED) is 0.880. The Balaban J connectivity index is 2.42. The maximum absolute atomic E-state index is 13.1. The molecule has 0 aliphatic rings. The molecule has 1 atom stereocenters. The molecule has 0 amide bonds. The zero-order valence-electron chi connectivity index (χ0n) is 9.81. The number of halogens is 1. The van der Waals surface area contributed by atoms with E-state index >= 15 is 0 Å². The molecule has 2 aromatic rings. The van der Waals surface area contributed by atoms with E-state index in [1.807, 2.05) is 20.0 Å². The summed E-state index contributed by atoms with van der Waals surface area (Å²) in [5, 5.41) is 10.8. The van der Waals surface area contributed by atoms with Crippen molar-refractivity contribution in [2.24, 2.45) is 0 Å². The molecule has 0 aliphatic carbocycles. The summed E-state index contributed by atoms with van der Waals surface area (Å²) in [5.74, 6) is -0.214. The third-order valence-electron chi connectivity index (χ3n) is 2.77. The fourth-order valence-corrected chi connectivity index (χ4v) is 1.94. The zero-order chi connectivity index (χ0) is 12.3. The molecular formula is C13H14FN3. The van der Waals surface area contributed by atoms with Gasteiger partial charge in [-0.1, -0.05) is 6.07 Å². The number of hydrogen-bond donors (Lipinski definition) is 1. The van der Waals surface area contributed by atoms with Gasteiger partial charge in [-0.2, -0.15) is 10.2 Å². The summed E-state index contributed by atoms with van der Waals surface area (Å²) in [6.45, 7) is 1.90. The van der Waals surface area contributed by atoms with Gasteiger partial charge in [-0.3, -0.25) is 0 Å². The molecule has 1 unspecified atom stereocenters.